The minimum atomic E-state index is -1.17. The Balaban J connectivity index is 2.09. The maximum atomic E-state index is 13.4. The van der Waals surface area contributed by atoms with Gasteiger partial charge in [0.25, 0.3) is 5.91 Å². The van der Waals surface area contributed by atoms with E-state index >= 15 is 0 Å². The highest BCUT2D eigenvalue weighted by molar-refractivity contribution is 6.37. The van der Waals surface area contributed by atoms with E-state index in [1.807, 2.05) is 0 Å². The van der Waals surface area contributed by atoms with Crippen molar-refractivity contribution >= 4 is 40.7 Å². The molecule has 32 heavy (non-hydrogen) atoms. The van der Waals surface area contributed by atoms with E-state index in [4.69, 9.17) is 42.3 Å². The lowest BCUT2D eigenvalue weighted by Crippen LogP contribution is -2.44. The zero-order chi connectivity index (χ0) is 23.5. The molecule has 10 heteroatoms. The number of benzene rings is 1. The smallest absolute Gasteiger partial charge is 0.348 e. The molecule has 0 fully saturated rings. The van der Waals surface area contributed by atoms with Crippen molar-refractivity contribution in [2.45, 2.75) is 26.3 Å². The first-order valence-electron chi connectivity index (χ1n) is 9.68. The Morgan fingerprint density at radius 1 is 1.22 bits per heavy atom. The first kappa shape index (κ1) is 24.0. The molecule has 170 valence electrons. The normalized spacial score (nSPS) is 15.3. The van der Waals surface area contributed by atoms with Crippen molar-refractivity contribution in [3.05, 3.63) is 63.5 Å². The van der Waals surface area contributed by atoms with Crippen molar-refractivity contribution < 1.29 is 28.6 Å². The molecule has 0 saturated heterocycles. The summed E-state index contributed by atoms with van der Waals surface area (Å²) < 4.78 is 16.1. The topological polar surface area (TPSA) is 87.2 Å². The van der Waals surface area contributed by atoms with Gasteiger partial charge < -0.3 is 14.2 Å². The second kappa shape index (κ2) is 9.87. The van der Waals surface area contributed by atoms with Gasteiger partial charge in [-0.05, 0) is 45.0 Å². The number of carbonyl (C=O) groups excluding carboxylic acids is 2. The first-order valence-corrected chi connectivity index (χ1v) is 10.4. The van der Waals surface area contributed by atoms with Gasteiger partial charge in [-0.1, -0.05) is 29.3 Å². The lowest BCUT2D eigenvalue weighted by atomic mass is 9.99. The molecule has 0 saturated carbocycles. The summed E-state index contributed by atoms with van der Waals surface area (Å²) in [4.78, 5) is 36.0. The van der Waals surface area contributed by atoms with Crippen LogP contribution < -0.4 is 4.74 Å². The van der Waals surface area contributed by atoms with Crippen molar-refractivity contribution in [1.29, 1.82) is 0 Å². The number of halogens is 2. The summed E-state index contributed by atoms with van der Waals surface area (Å²) in [5.41, 5.74) is -0.652. The highest BCUT2D eigenvalue weighted by atomic mass is 35.5. The SMILES string of the molecule is CCOCON1C(=O)C(c2ccc(Cl)cc2Cl)=C(OC(=O)c2cccnc2OC)C1(C)C. The quantitative estimate of drug-likeness (QED) is 0.312. The van der Waals surface area contributed by atoms with Crippen LogP contribution in [0.15, 0.2) is 42.3 Å². The van der Waals surface area contributed by atoms with Crippen LogP contribution in [0, 0.1) is 0 Å². The number of ether oxygens (including phenoxy) is 3. The lowest BCUT2D eigenvalue weighted by molar-refractivity contribution is -0.242. The summed E-state index contributed by atoms with van der Waals surface area (Å²) in [6.07, 6.45) is 1.49. The molecule has 1 aromatic carbocycles. The van der Waals surface area contributed by atoms with E-state index in [0.717, 1.165) is 5.06 Å². The van der Waals surface area contributed by atoms with Gasteiger partial charge in [-0.3, -0.25) is 4.79 Å². The zero-order valence-electron chi connectivity index (χ0n) is 18.0. The van der Waals surface area contributed by atoms with Crippen LogP contribution in [0.4, 0.5) is 0 Å². The molecular formula is C22H22Cl2N2O6. The molecule has 1 aromatic heterocycles. The largest absolute Gasteiger partial charge is 0.480 e. The molecule has 8 nitrogen and oxygen atoms in total. The standard InChI is InChI=1S/C22H22Cl2N2O6/c1-5-30-12-31-26-20(27)17(14-9-8-13(23)11-16(14)24)18(22(26,2)3)32-21(28)15-7-6-10-25-19(15)29-4/h6-11H,5,12H2,1-4H3. The molecule has 0 atom stereocenters. The predicted molar refractivity (Wildman–Crippen MR) is 118 cm³/mol. The molecule has 2 heterocycles. The van der Waals surface area contributed by atoms with Gasteiger partial charge in [0.2, 0.25) is 5.88 Å². The Hall–Kier alpha value is -2.65. The number of pyridine rings is 1. The fourth-order valence-electron chi connectivity index (χ4n) is 3.21. The number of nitrogens with zero attached hydrogens (tertiary/aromatic N) is 2. The van der Waals surface area contributed by atoms with Gasteiger partial charge in [0.1, 0.15) is 16.9 Å². The fraction of sp³-hybridized carbons (Fsp3) is 0.318. The molecule has 0 bridgehead atoms. The van der Waals surface area contributed by atoms with E-state index in [2.05, 4.69) is 4.98 Å². The van der Waals surface area contributed by atoms with Crippen LogP contribution in [0.25, 0.3) is 5.57 Å². The van der Waals surface area contributed by atoms with E-state index in [9.17, 15) is 9.59 Å². The number of hydroxylamine groups is 2. The minimum absolute atomic E-state index is 0.0547. The Kier molecular flexibility index (Phi) is 7.40. The number of aromatic nitrogens is 1. The van der Waals surface area contributed by atoms with Gasteiger partial charge in [0, 0.05) is 23.4 Å². The number of hydrogen-bond acceptors (Lipinski definition) is 7. The van der Waals surface area contributed by atoms with E-state index in [0.29, 0.717) is 17.2 Å². The molecule has 1 aliphatic rings. The third-order valence-electron chi connectivity index (χ3n) is 4.74. The monoisotopic (exact) mass is 480 g/mol. The van der Waals surface area contributed by atoms with Crippen LogP contribution in [-0.4, -0.2) is 48.0 Å². The highest BCUT2D eigenvalue weighted by Crippen LogP contribution is 2.43. The highest BCUT2D eigenvalue weighted by Gasteiger charge is 2.50. The summed E-state index contributed by atoms with van der Waals surface area (Å²) >= 11 is 12.4. The maximum absolute atomic E-state index is 13.4. The van der Waals surface area contributed by atoms with Crippen LogP contribution >= 0.6 is 23.2 Å². The third kappa shape index (κ3) is 4.59. The Morgan fingerprint density at radius 2 is 1.97 bits per heavy atom. The van der Waals surface area contributed by atoms with E-state index in [1.54, 1.807) is 39.0 Å². The number of carbonyl (C=O) groups is 2. The molecule has 0 N–H and O–H groups in total. The fourth-order valence-corrected chi connectivity index (χ4v) is 3.71. The number of hydrogen-bond donors (Lipinski definition) is 0. The zero-order valence-corrected chi connectivity index (χ0v) is 19.5. The van der Waals surface area contributed by atoms with Crippen molar-refractivity contribution in [3.63, 3.8) is 0 Å². The number of amides is 1. The third-order valence-corrected chi connectivity index (χ3v) is 5.29. The van der Waals surface area contributed by atoms with Crippen LogP contribution in [0.5, 0.6) is 5.88 Å². The molecule has 1 amide bonds. The molecule has 1 aliphatic heterocycles. The molecule has 3 rings (SSSR count). The summed E-state index contributed by atoms with van der Waals surface area (Å²) in [6, 6.07) is 7.75. The van der Waals surface area contributed by atoms with Crippen LogP contribution in [0.2, 0.25) is 10.0 Å². The summed E-state index contributed by atoms with van der Waals surface area (Å²) in [5, 5.41) is 1.72. The lowest BCUT2D eigenvalue weighted by Gasteiger charge is -2.31. The van der Waals surface area contributed by atoms with Gasteiger partial charge in [0.05, 0.1) is 17.7 Å². The van der Waals surface area contributed by atoms with Gasteiger partial charge in [-0.15, -0.1) is 0 Å². The van der Waals surface area contributed by atoms with E-state index < -0.39 is 17.4 Å². The Bertz CT molecular complexity index is 1070. The molecule has 2 aromatic rings. The van der Waals surface area contributed by atoms with Crippen LogP contribution in [0.3, 0.4) is 0 Å². The van der Waals surface area contributed by atoms with Crippen molar-refractivity contribution in [1.82, 2.24) is 10.0 Å². The molecule has 0 aliphatic carbocycles. The molecular weight excluding hydrogens is 459 g/mol. The first-order chi connectivity index (χ1) is 15.2. The van der Waals surface area contributed by atoms with E-state index in [-0.39, 0.29) is 34.6 Å². The van der Waals surface area contributed by atoms with Gasteiger partial charge in [-0.2, -0.15) is 0 Å². The number of methoxy groups -OCH3 is 1. The second-order valence-electron chi connectivity index (χ2n) is 7.18. The van der Waals surface area contributed by atoms with E-state index in [1.165, 1.54) is 25.4 Å². The Labute approximate surface area is 195 Å². The number of rotatable bonds is 8. The molecule has 0 unspecified atom stereocenters. The minimum Gasteiger partial charge on any atom is -0.480 e. The van der Waals surface area contributed by atoms with Crippen molar-refractivity contribution in [2.75, 3.05) is 20.5 Å². The Morgan fingerprint density at radius 3 is 2.62 bits per heavy atom. The van der Waals surface area contributed by atoms with Crippen molar-refractivity contribution in [3.8, 4) is 5.88 Å². The number of esters is 1. The van der Waals surface area contributed by atoms with Crippen molar-refractivity contribution in [2.24, 2.45) is 0 Å². The van der Waals surface area contributed by atoms with Crippen LogP contribution in [0.1, 0.15) is 36.7 Å². The summed E-state index contributed by atoms with van der Waals surface area (Å²) in [7, 11) is 1.39. The predicted octanol–water partition coefficient (Wildman–Crippen LogP) is 4.51. The van der Waals surface area contributed by atoms with Gasteiger partial charge in [0.15, 0.2) is 6.79 Å². The molecule has 0 radical (unpaired) electrons. The average molecular weight is 481 g/mol. The molecule has 0 spiro atoms. The van der Waals surface area contributed by atoms with Crippen LogP contribution in [-0.2, 0) is 19.1 Å². The average Bonchev–Trinajstić information content (AvgIpc) is 2.94. The van der Waals surface area contributed by atoms with Gasteiger partial charge >= 0.3 is 5.97 Å². The second-order valence-corrected chi connectivity index (χ2v) is 8.02. The van der Waals surface area contributed by atoms with Gasteiger partial charge in [-0.25, -0.2) is 19.7 Å². The summed E-state index contributed by atoms with van der Waals surface area (Å²) in [5.74, 6) is -1.14. The maximum Gasteiger partial charge on any atom is 0.348 e. The summed E-state index contributed by atoms with van der Waals surface area (Å²) in [6.45, 7) is 5.39.